The highest BCUT2D eigenvalue weighted by Gasteiger charge is 2.21. The summed E-state index contributed by atoms with van der Waals surface area (Å²) in [6.45, 7) is 2.39. The molecule has 4 aromatic rings. The first kappa shape index (κ1) is 23.1. The summed E-state index contributed by atoms with van der Waals surface area (Å²) in [7, 11) is 5.20. The fourth-order valence-corrected chi connectivity index (χ4v) is 4.02. The average Bonchev–Trinajstić information content (AvgIpc) is 3.29. The van der Waals surface area contributed by atoms with E-state index in [2.05, 4.69) is 24.0 Å². The van der Waals surface area contributed by atoms with E-state index in [4.69, 9.17) is 14.2 Å². The lowest BCUT2D eigenvalue weighted by Crippen LogP contribution is -2.11. The highest BCUT2D eigenvalue weighted by Crippen LogP contribution is 2.34. The van der Waals surface area contributed by atoms with Gasteiger partial charge in [-0.25, -0.2) is 4.98 Å². The number of imidazole rings is 1. The molecule has 1 atom stereocenters. The molecule has 1 aromatic heterocycles. The Morgan fingerprint density at radius 3 is 2.32 bits per heavy atom. The van der Waals surface area contributed by atoms with Crippen molar-refractivity contribution in [2.75, 3.05) is 14.2 Å². The number of aryl methyl sites for hydroxylation is 2. The summed E-state index contributed by atoms with van der Waals surface area (Å²) in [4.78, 5) is 4.30. The number of hydrogen-bond donors (Lipinski definition) is 0. The fourth-order valence-electron chi connectivity index (χ4n) is 4.02. The van der Waals surface area contributed by atoms with Crippen molar-refractivity contribution in [1.29, 1.82) is 5.26 Å². The average molecular weight is 454 g/mol. The first-order valence-electron chi connectivity index (χ1n) is 10.9. The van der Waals surface area contributed by atoms with Gasteiger partial charge < -0.3 is 18.8 Å². The summed E-state index contributed by atoms with van der Waals surface area (Å²) in [5, 5.41) is 9.76. The molecule has 0 spiro atoms. The van der Waals surface area contributed by atoms with Gasteiger partial charge in [-0.3, -0.25) is 0 Å². The van der Waals surface area contributed by atoms with Crippen LogP contribution < -0.4 is 9.47 Å². The van der Waals surface area contributed by atoms with Gasteiger partial charge in [0.2, 0.25) is 0 Å². The molecule has 1 unspecified atom stereocenters. The molecule has 0 bridgehead atoms. The molecule has 0 fully saturated rings. The number of methoxy groups -OCH3 is 2. The lowest BCUT2D eigenvalue weighted by molar-refractivity contribution is 0.0620. The van der Waals surface area contributed by atoms with Gasteiger partial charge in [0.05, 0.1) is 50.7 Å². The molecule has 6 heteroatoms. The van der Waals surface area contributed by atoms with Crippen LogP contribution in [0, 0.1) is 18.3 Å². The summed E-state index contributed by atoms with van der Waals surface area (Å²) in [5.74, 6) is 1.41. The smallest absolute Gasteiger partial charge is 0.124 e. The lowest BCUT2D eigenvalue weighted by atomic mass is 9.93. The lowest BCUT2D eigenvalue weighted by Gasteiger charge is -2.21. The normalized spacial score (nSPS) is 11.6. The SMILES string of the molecule is COc1cc(COC(c2ccc(C#N)c(-c3ccccc3C)c2)c2cncn2C)cc(OC)c1. The highest BCUT2D eigenvalue weighted by atomic mass is 16.5. The second-order valence-corrected chi connectivity index (χ2v) is 8.07. The molecule has 0 saturated heterocycles. The Morgan fingerprint density at radius 2 is 1.71 bits per heavy atom. The molecule has 0 radical (unpaired) electrons. The maximum absolute atomic E-state index is 9.76. The van der Waals surface area contributed by atoms with Gasteiger partial charge in [0.25, 0.3) is 0 Å². The molecule has 0 saturated carbocycles. The van der Waals surface area contributed by atoms with Gasteiger partial charge >= 0.3 is 0 Å². The molecule has 34 heavy (non-hydrogen) atoms. The van der Waals surface area contributed by atoms with Crippen molar-refractivity contribution in [2.45, 2.75) is 19.6 Å². The number of hydrogen-bond acceptors (Lipinski definition) is 5. The van der Waals surface area contributed by atoms with E-state index in [0.29, 0.717) is 23.7 Å². The van der Waals surface area contributed by atoms with Crippen molar-refractivity contribution in [2.24, 2.45) is 7.05 Å². The van der Waals surface area contributed by atoms with Crippen LogP contribution in [-0.4, -0.2) is 23.8 Å². The minimum Gasteiger partial charge on any atom is -0.497 e. The van der Waals surface area contributed by atoms with E-state index in [1.165, 1.54) is 0 Å². The van der Waals surface area contributed by atoms with Crippen LogP contribution in [0.2, 0.25) is 0 Å². The summed E-state index contributed by atoms with van der Waals surface area (Å²) in [5.41, 5.74) is 6.43. The van der Waals surface area contributed by atoms with Gasteiger partial charge in [0.15, 0.2) is 0 Å². The van der Waals surface area contributed by atoms with Crippen LogP contribution in [0.1, 0.15) is 34.1 Å². The number of benzene rings is 3. The molecule has 0 amide bonds. The van der Waals surface area contributed by atoms with Crippen LogP contribution in [0.15, 0.2) is 73.2 Å². The van der Waals surface area contributed by atoms with E-state index in [-0.39, 0.29) is 6.10 Å². The van der Waals surface area contributed by atoms with Crippen LogP contribution in [0.4, 0.5) is 0 Å². The van der Waals surface area contributed by atoms with Crippen LogP contribution in [0.3, 0.4) is 0 Å². The van der Waals surface area contributed by atoms with Gasteiger partial charge in [-0.2, -0.15) is 5.26 Å². The first-order valence-corrected chi connectivity index (χ1v) is 10.9. The van der Waals surface area contributed by atoms with E-state index in [9.17, 15) is 5.26 Å². The van der Waals surface area contributed by atoms with Crippen molar-refractivity contribution >= 4 is 0 Å². The number of ether oxygens (including phenoxy) is 3. The second-order valence-electron chi connectivity index (χ2n) is 8.07. The minimum absolute atomic E-state index is 0.336. The molecule has 1 heterocycles. The third-order valence-electron chi connectivity index (χ3n) is 5.85. The van der Waals surface area contributed by atoms with Gasteiger partial charge in [-0.15, -0.1) is 0 Å². The number of nitrogens with zero attached hydrogens (tertiary/aromatic N) is 3. The highest BCUT2D eigenvalue weighted by molar-refractivity contribution is 5.74. The molecule has 0 aliphatic rings. The van der Waals surface area contributed by atoms with E-state index in [0.717, 1.165) is 33.5 Å². The number of rotatable bonds is 8. The molecule has 6 nitrogen and oxygen atoms in total. The van der Waals surface area contributed by atoms with Crippen molar-refractivity contribution < 1.29 is 14.2 Å². The zero-order chi connectivity index (χ0) is 24.1. The van der Waals surface area contributed by atoms with Crippen molar-refractivity contribution in [1.82, 2.24) is 9.55 Å². The molecular weight excluding hydrogens is 426 g/mol. The number of nitriles is 1. The monoisotopic (exact) mass is 453 g/mol. The predicted octanol–water partition coefficient (Wildman–Crippen LogP) is 5.59. The Bertz CT molecular complexity index is 1310. The van der Waals surface area contributed by atoms with Crippen LogP contribution >= 0.6 is 0 Å². The van der Waals surface area contributed by atoms with E-state index >= 15 is 0 Å². The summed E-state index contributed by atoms with van der Waals surface area (Å²) < 4.78 is 19.2. The Balaban J connectivity index is 1.75. The topological polar surface area (TPSA) is 69.3 Å². The van der Waals surface area contributed by atoms with Crippen LogP contribution in [-0.2, 0) is 18.4 Å². The minimum atomic E-state index is -0.389. The van der Waals surface area contributed by atoms with Crippen LogP contribution in [0.25, 0.3) is 11.1 Å². The van der Waals surface area contributed by atoms with Crippen molar-refractivity contribution in [3.05, 3.63) is 101 Å². The Labute approximate surface area is 200 Å². The Kier molecular flexibility index (Phi) is 6.95. The first-order chi connectivity index (χ1) is 16.5. The van der Waals surface area contributed by atoms with E-state index < -0.39 is 0 Å². The van der Waals surface area contributed by atoms with Gasteiger partial charge in [0.1, 0.15) is 17.6 Å². The maximum Gasteiger partial charge on any atom is 0.124 e. The van der Waals surface area contributed by atoms with E-state index in [1.807, 2.05) is 72.4 Å². The standard InChI is InChI=1S/C28H27N3O3/c1-19-7-5-6-8-25(19)26-13-21(9-10-22(26)15-29)28(27-16-30-18-31(27)2)34-17-20-11-23(32-3)14-24(12-20)33-4/h5-14,16,18,28H,17H2,1-4H3. The van der Waals surface area contributed by atoms with Gasteiger partial charge in [0, 0.05) is 18.7 Å². The molecule has 4 rings (SSSR count). The maximum atomic E-state index is 9.76. The third-order valence-corrected chi connectivity index (χ3v) is 5.85. The van der Waals surface area contributed by atoms with Crippen molar-refractivity contribution in [3.8, 4) is 28.7 Å². The molecule has 0 N–H and O–H groups in total. The van der Waals surface area contributed by atoms with Crippen molar-refractivity contribution in [3.63, 3.8) is 0 Å². The summed E-state index contributed by atoms with van der Waals surface area (Å²) in [6.07, 6.45) is 3.18. The summed E-state index contributed by atoms with van der Waals surface area (Å²) >= 11 is 0. The largest absolute Gasteiger partial charge is 0.497 e. The van der Waals surface area contributed by atoms with Crippen LogP contribution in [0.5, 0.6) is 11.5 Å². The Hall–Kier alpha value is -4.08. The van der Waals surface area contributed by atoms with E-state index in [1.54, 1.807) is 20.5 Å². The predicted molar refractivity (Wildman–Crippen MR) is 131 cm³/mol. The molecule has 0 aliphatic heterocycles. The molecular formula is C28H27N3O3. The second kappa shape index (κ2) is 10.2. The fraction of sp³-hybridized carbons (Fsp3) is 0.214. The number of aromatic nitrogens is 2. The third kappa shape index (κ3) is 4.80. The molecule has 172 valence electrons. The quantitative estimate of drug-likeness (QED) is 0.348. The van der Waals surface area contributed by atoms with Gasteiger partial charge in [-0.05, 0) is 53.4 Å². The Morgan fingerprint density at radius 1 is 0.971 bits per heavy atom. The zero-order valence-corrected chi connectivity index (χ0v) is 19.8. The summed E-state index contributed by atoms with van der Waals surface area (Å²) in [6, 6.07) is 22.0. The zero-order valence-electron chi connectivity index (χ0n) is 19.8. The van der Waals surface area contributed by atoms with Gasteiger partial charge in [-0.1, -0.05) is 30.3 Å². The molecule has 3 aromatic carbocycles. The molecule has 0 aliphatic carbocycles.